The van der Waals surface area contributed by atoms with Gasteiger partial charge in [-0.2, -0.15) is 0 Å². The van der Waals surface area contributed by atoms with E-state index in [-0.39, 0.29) is 11.9 Å². The monoisotopic (exact) mass is 321 g/mol. The predicted molar refractivity (Wildman–Crippen MR) is 85.0 cm³/mol. The standard InChI is InChI=1S/C17H23NO5/c1-22-11-8-9-15(23-2)13(10-11)16(19)18-14-7-5-3-4-6-12(14)17(20)21/h8-10,12,14H,3-7H2,1-2H3,(H,18,19)(H,20,21)/t12-,14+/m1/s1. The summed E-state index contributed by atoms with van der Waals surface area (Å²) in [6, 6.07) is 4.61. The lowest BCUT2D eigenvalue weighted by Gasteiger charge is -2.23. The van der Waals surface area contributed by atoms with Gasteiger partial charge < -0.3 is 19.9 Å². The Morgan fingerprint density at radius 3 is 2.52 bits per heavy atom. The highest BCUT2D eigenvalue weighted by molar-refractivity contribution is 5.97. The highest BCUT2D eigenvalue weighted by Gasteiger charge is 2.31. The molecule has 6 heteroatoms. The van der Waals surface area contributed by atoms with Crippen molar-refractivity contribution in [1.82, 2.24) is 5.32 Å². The van der Waals surface area contributed by atoms with Gasteiger partial charge in [-0.25, -0.2) is 0 Å². The molecule has 0 heterocycles. The van der Waals surface area contributed by atoms with Crippen molar-refractivity contribution in [3.8, 4) is 11.5 Å². The quantitative estimate of drug-likeness (QED) is 0.814. The minimum absolute atomic E-state index is 0.334. The summed E-state index contributed by atoms with van der Waals surface area (Å²) in [7, 11) is 3.01. The van der Waals surface area contributed by atoms with Gasteiger partial charge in [-0.1, -0.05) is 19.3 Å². The first-order chi connectivity index (χ1) is 11.1. The topological polar surface area (TPSA) is 84.9 Å². The molecule has 1 aliphatic carbocycles. The molecule has 1 aromatic rings. The first-order valence-electron chi connectivity index (χ1n) is 7.82. The molecule has 0 saturated heterocycles. The van der Waals surface area contributed by atoms with Crippen LogP contribution in [0.25, 0.3) is 0 Å². The molecule has 1 aromatic carbocycles. The second-order valence-corrected chi connectivity index (χ2v) is 5.73. The van der Waals surface area contributed by atoms with Gasteiger partial charge >= 0.3 is 5.97 Å². The maximum absolute atomic E-state index is 12.6. The number of hydrogen-bond acceptors (Lipinski definition) is 4. The van der Waals surface area contributed by atoms with Gasteiger partial charge in [0.2, 0.25) is 0 Å². The zero-order valence-corrected chi connectivity index (χ0v) is 13.5. The number of carboxylic acid groups (broad SMARTS) is 1. The Hall–Kier alpha value is -2.24. The van der Waals surface area contributed by atoms with Crippen molar-refractivity contribution in [3.05, 3.63) is 23.8 Å². The number of hydrogen-bond donors (Lipinski definition) is 2. The van der Waals surface area contributed by atoms with Crippen LogP contribution in [0.3, 0.4) is 0 Å². The largest absolute Gasteiger partial charge is 0.497 e. The summed E-state index contributed by atoms with van der Waals surface area (Å²) in [5.41, 5.74) is 0.347. The minimum atomic E-state index is -0.852. The van der Waals surface area contributed by atoms with Crippen LogP contribution in [0.15, 0.2) is 18.2 Å². The molecule has 0 radical (unpaired) electrons. The molecule has 0 bridgehead atoms. The number of carbonyl (C=O) groups is 2. The molecular formula is C17H23NO5. The maximum Gasteiger partial charge on any atom is 0.308 e. The normalized spacial score (nSPS) is 21.1. The molecule has 23 heavy (non-hydrogen) atoms. The Bertz CT molecular complexity index is 572. The maximum atomic E-state index is 12.6. The van der Waals surface area contributed by atoms with Crippen molar-refractivity contribution >= 4 is 11.9 Å². The zero-order chi connectivity index (χ0) is 16.8. The van der Waals surface area contributed by atoms with Crippen molar-refractivity contribution < 1.29 is 24.2 Å². The van der Waals surface area contributed by atoms with Gasteiger partial charge in [-0.05, 0) is 31.0 Å². The van der Waals surface area contributed by atoms with Crippen LogP contribution < -0.4 is 14.8 Å². The lowest BCUT2D eigenvalue weighted by Crippen LogP contribution is -2.42. The Morgan fingerprint density at radius 1 is 1.13 bits per heavy atom. The number of aliphatic carboxylic acids is 1. The third-order valence-electron chi connectivity index (χ3n) is 4.30. The van der Waals surface area contributed by atoms with Crippen LogP contribution in [-0.2, 0) is 4.79 Å². The molecule has 2 atom stereocenters. The van der Waals surface area contributed by atoms with E-state index in [1.54, 1.807) is 18.2 Å². The number of carboxylic acids is 1. The summed E-state index contributed by atoms with van der Waals surface area (Å²) in [5.74, 6) is -0.748. The molecule has 0 aliphatic heterocycles. The summed E-state index contributed by atoms with van der Waals surface area (Å²) in [6.07, 6.45) is 4.07. The number of ether oxygens (including phenoxy) is 2. The predicted octanol–water partition coefficient (Wildman–Crippen LogP) is 2.47. The molecular weight excluding hydrogens is 298 g/mol. The number of amides is 1. The molecule has 1 saturated carbocycles. The van der Waals surface area contributed by atoms with E-state index >= 15 is 0 Å². The molecule has 0 aromatic heterocycles. The number of methoxy groups -OCH3 is 2. The fraction of sp³-hybridized carbons (Fsp3) is 0.529. The van der Waals surface area contributed by atoms with E-state index in [0.29, 0.717) is 29.9 Å². The SMILES string of the molecule is COc1ccc(OC)c(C(=O)N[C@H]2CCCCC[C@H]2C(=O)O)c1. The Morgan fingerprint density at radius 2 is 1.87 bits per heavy atom. The van der Waals surface area contributed by atoms with E-state index in [0.717, 1.165) is 19.3 Å². The second-order valence-electron chi connectivity index (χ2n) is 5.73. The zero-order valence-electron chi connectivity index (χ0n) is 13.5. The number of nitrogens with one attached hydrogen (secondary N) is 1. The van der Waals surface area contributed by atoms with Crippen LogP contribution in [0.4, 0.5) is 0 Å². The number of rotatable bonds is 5. The molecule has 6 nitrogen and oxygen atoms in total. The summed E-state index contributed by atoms with van der Waals surface area (Å²) < 4.78 is 10.4. The van der Waals surface area contributed by atoms with Crippen LogP contribution in [0.1, 0.15) is 42.5 Å². The molecule has 2 rings (SSSR count). The van der Waals surface area contributed by atoms with E-state index in [9.17, 15) is 14.7 Å². The first-order valence-corrected chi connectivity index (χ1v) is 7.82. The van der Waals surface area contributed by atoms with Crippen LogP contribution in [-0.4, -0.2) is 37.2 Å². The van der Waals surface area contributed by atoms with Gasteiger partial charge in [0.05, 0.1) is 25.7 Å². The van der Waals surface area contributed by atoms with E-state index in [1.165, 1.54) is 14.2 Å². The van der Waals surface area contributed by atoms with Crippen molar-refractivity contribution in [2.24, 2.45) is 5.92 Å². The Kier molecular flexibility index (Phi) is 5.84. The van der Waals surface area contributed by atoms with Crippen LogP contribution in [0.2, 0.25) is 0 Å². The number of benzene rings is 1. The second kappa shape index (κ2) is 7.85. The van der Waals surface area contributed by atoms with Crippen LogP contribution >= 0.6 is 0 Å². The lowest BCUT2D eigenvalue weighted by atomic mass is 9.94. The van der Waals surface area contributed by atoms with Gasteiger partial charge in [0, 0.05) is 6.04 Å². The average molecular weight is 321 g/mol. The number of carbonyl (C=O) groups excluding carboxylic acids is 1. The van der Waals surface area contributed by atoms with Gasteiger partial charge in [-0.15, -0.1) is 0 Å². The fourth-order valence-electron chi connectivity index (χ4n) is 3.01. The third-order valence-corrected chi connectivity index (χ3v) is 4.30. The van der Waals surface area contributed by atoms with Crippen molar-refractivity contribution in [1.29, 1.82) is 0 Å². The van der Waals surface area contributed by atoms with Crippen molar-refractivity contribution in [2.45, 2.75) is 38.1 Å². The molecule has 2 N–H and O–H groups in total. The molecule has 1 fully saturated rings. The molecule has 0 spiro atoms. The molecule has 126 valence electrons. The van der Waals surface area contributed by atoms with Crippen LogP contribution in [0.5, 0.6) is 11.5 Å². The van der Waals surface area contributed by atoms with E-state index in [1.807, 2.05) is 0 Å². The Balaban J connectivity index is 2.21. The van der Waals surface area contributed by atoms with Gasteiger partial charge in [0.1, 0.15) is 11.5 Å². The smallest absolute Gasteiger partial charge is 0.308 e. The van der Waals surface area contributed by atoms with Gasteiger partial charge in [0.15, 0.2) is 0 Å². The molecule has 1 amide bonds. The lowest BCUT2D eigenvalue weighted by molar-refractivity contribution is -0.142. The average Bonchev–Trinajstić information content (AvgIpc) is 2.79. The van der Waals surface area contributed by atoms with Gasteiger partial charge in [0.25, 0.3) is 5.91 Å². The Labute approximate surface area is 135 Å². The minimum Gasteiger partial charge on any atom is -0.497 e. The van der Waals surface area contributed by atoms with Crippen molar-refractivity contribution in [2.75, 3.05) is 14.2 Å². The summed E-state index contributed by atoms with van der Waals surface area (Å²) in [5, 5.41) is 12.3. The van der Waals surface area contributed by atoms with Crippen LogP contribution in [0, 0.1) is 5.92 Å². The van der Waals surface area contributed by atoms with Crippen molar-refractivity contribution in [3.63, 3.8) is 0 Å². The first kappa shape index (κ1) is 17.1. The summed E-state index contributed by atoms with van der Waals surface area (Å²) >= 11 is 0. The van der Waals surface area contributed by atoms with E-state index in [2.05, 4.69) is 5.32 Å². The van der Waals surface area contributed by atoms with Gasteiger partial charge in [-0.3, -0.25) is 9.59 Å². The molecule has 0 unspecified atom stereocenters. The van der Waals surface area contributed by atoms with E-state index < -0.39 is 11.9 Å². The highest BCUT2D eigenvalue weighted by atomic mass is 16.5. The third kappa shape index (κ3) is 4.15. The summed E-state index contributed by atoms with van der Waals surface area (Å²) in [4.78, 5) is 24.1. The highest BCUT2D eigenvalue weighted by Crippen LogP contribution is 2.27. The van der Waals surface area contributed by atoms with E-state index in [4.69, 9.17) is 9.47 Å². The summed E-state index contributed by atoms with van der Waals surface area (Å²) in [6.45, 7) is 0. The fourth-order valence-corrected chi connectivity index (χ4v) is 3.01. The molecule has 1 aliphatic rings.